The Bertz CT molecular complexity index is 372. The van der Waals surface area contributed by atoms with Gasteiger partial charge in [-0.2, -0.15) is 0 Å². The molecule has 0 aliphatic heterocycles. The van der Waals surface area contributed by atoms with Crippen LogP contribution in [0.25, 0.3) is 0 Å². The standard InChI is InChI=1S/C24H44O2/c1-3-5-19-8-10-20(11-9-19)21-14-16-23(17-15-21)24(26-25)22-12-6-18(4-2)7-13-22/h18-25H,3-17H2,1-2H3. The summed E-state index contributed by atoms with van der Waals surface area (Å²) in [5.41, 5.74) is 0. The summed E-state index contributed by atoms with van der Waals surface area (Å²) in [6.45, 7) is 4.66. The van der Waals surface area contributed by atoms with Gasteiger partial charge in [0.2, 0.25) is 0 Å². The molecule has 0 amide bonds. The zero-order chi connectivity index (χ0) is 18.4. The molecule has 0 spiro atoms. The maximum atomic E-state index is 9.65. The summed E-state index contributed by atoms with van der Waals surface area (Å²) in [4.78, 5) is 5.12. The molecule has 1 atom stereocenters. The number of hydrogen-bond acceptors (Lipinski definition) is 2. The van der Waals surface area contributed by atoms with Crippen LogP contribution >= 0.6 is 0 Å². The van der Waals surface area contributed by atoms with Crippen molar-refractivity contribution in [1.29, 1.82) is 0 Å². The highest BCUT2D eigenvalue weighted by molar-refractivity contribution is 4.87. The van der Waals surface area contributed by atoms with Crippen molar-refractivity contribution in [1.82, 2.24) is 0 Å². The monoisotopic (exact) mass is 364 g/mol. The van der Waals surface area contributed by atoms with Gasteiger partial charge in [-0.1, -0.05) is 58.8 Å². The Balaban J connectivity index is 1.42. The van der Waals surface area contributed by atoms with Crippen LogP contribution in [0.4, 0.5) is 0 Å². The summed E-state index contributed by atoms with van der Waals surface area (Å²) in [6.07, 6.45) is 20.8. The van der Waals surface area contributed by atoms with Gasteiger partial charge in [-0.3, -0.25) is 5.26 Å². The van der Waals surface area contributed by atoms with Crippen LogP contribution in [0.1, 0.15) is 110 Å². The van der Waals surface area contributed by atoms with Crippen molar-refractivity contribution in [2.75, 3.05) is 0 Å². The largest absolute Gasteiger partial charge is 0.252 e. The van der Waals surface area contributed by atoms with Crippen LogP contribution in [0.5, 0.6) is 0 Å². The number of hydrogen-bond donors (Lipinski definition) is 1. The van der Waals surface area contributed by atoms with E-state index in [1.165, 1.54) is 96.3 Å². The van der Waals surface area contributed by atoms with Crippen LogP contribution in [0.15, 0.2) is 0 Å². The summed E-state index contributed by atoms with van der Waals surface area (Å²) in [7, 11) is 0. The third-order valence-corrected chi connectivity index (χ3v) is 8.59. The minimum absolute atomic E-state index is 0.119. The van der Waals surface area contributed by atoms with E-state index in [9.17, 15) is 5.26 Å². The summed E-state index contributed by atoms with van der Waals surface area (Å²) >= 11 is 0. The first-order valence-electron chi connectivity index (χ1n) is 12.0. The molecule has 1 unspecified atom stereocenters. The molecule has 152 valence electrons. The molecule has 3 aliphatic rings. The molecule has 0 aromatic carbocycles. The van der Waals surface area contributed by atoms with Crippen molar-refractivity contribution in [2.24, 2.45) is 35.5 Å². The van der Waals surface area contributed by atoms with E-state index in [0.29, 0.717) is 11.8 Å². The van der Waals surface area contributed by atoms with E-state index < -0.39 is 0 Å². The molecule has 3 rings (SSSR count). The van der Waals surface area contributed by atoms with Crippen LogP contribution in [0.3, 0.4) is 0 Å². The van der Waals surface area contributed by atoms with E-state index >= 15 is 0 Å². The molecule has 3 aliphatic carbocycles. The van der Waals surface area contributed by atoms with Gasteiger partial charge >= 0.3 is 0 Å². The fourth-order valence-corrected chi connectivity index (χ4v) is 6.78. The summed E-state index contributed by atoms with van der Waals surface area (Å²) in [6, 6.07) is 0. The quantitative estimate of drug-likeness (QED) is 0.375. The van der Waals surface area contributed by atoms with Crippen molar-refractivity contribution < 1.29 is 10.1 Å². The van der Waals surface area contributed by atoms with E-state index in [1.807, 2.05) is 0 Å². The van der Waals surface area contributed by atoms with Crippen molar-refractivity contribution in [3.05, 3.63) is 0 Å². The zero-order valence-corrected chi connectivity index (χ0v) is 17.5. The second-order valence-corrected chi connectivity index (χ2v) is 10.0. The highest BCUT2D eigenvalue weighted by atomic mass is 17.1. The van der Waals surface area contributed by atoms with Gasteiger partial charge in [-0.25, -0.2) is 4.89 Å². The molecular formula is C24H44O2. The first kappa shape index (κ1) is 20.6. The molecule has 0 bridgehead atoms. The third kappa shape index (κ3) is 5.25. The van der Waals surface area contributed by atoms with Crippen molar-refractivity contribution in [3.8, 4) is 0 Å². The van der Waals surface area contributed by atoms with Crippen molar-refractivity contribution in [2.45, 2.75) is 116 Å². The van der Waals surface area contributed by atoms with E-state index in [2.05, 4.69) is 13.8 Å². The lowest BCUT2D eigenvalue weighted by atomic mass is 9.66. The molecule has 0 aromatic rings. The van der Waals surface area contributed by atoms with Gasteiger partial charge in [0.05, 0.1) is 6.10 Å². The lowest BCUT2D eigenvalue weighted by molar-refractivity contribution is -0.307. The van der Waals surface area contributed by atoms with Gasteiger partial charge in [-0.05, 0) is 86.9 Å². The highest BCUT2D eigenvalue weighted by Crippen LogP contribution is 2.45. The van der Waals surface area contributed by atoms with Crippen LogP contribution in [0, 0.1) is 35.5 Å². The van der Waals surface area contributed by atoms with Gasteiger partial charge in [0, 0.05) is 0 Å². The smallest absolute Gasteiger partial charge is 0.0983 e. The van der Waals surface area contributed by atoms with Crippen LogP contribution in [-0.4, -0.2) is 11.4 Å². The molecule has 26 heavy (non-hydrogen) atoms. The SMILES string of the molecule is CCCC1CCC(C2CCC(C(OO)C3CCC(CC)CC3)CC2)CC1. The first-order valence-corrected chi connectivity index (χ1v) is 12.0. The Labute approximate surface area is 162 Å². The summed E-state index contributed by atoms with van der Waals surface area (Å²) in [5.74, 6) is 5.12. The van der Waals surface area contributed by atoms with Gasteiger partial charge in [-0.15, -0.1) is 0 Å². The van der Waals surface area contributed by atoms with E-state index in [-0.39, 0.29) is 6.10 Å². The van der Waals surface area contributed by atoms with Gasteiger partial charge in [0.1, 0.15) is 0 Å². The van der Waals surface area contributed by atoms with Crippen LogP contribution < -0.4 is 0 Å². The van der Waals surface area contributed by atoms with E-state index in [0.717, 1.165) is 23.7 Å². The van der Waals surface area contributed by atoms with E-state index in [1.54, 1.807) is 0 Å². The molecule has 1 N–H and O–H groups in total. The second kappa shape index (κ2) is 10.5. The molecule has 3 saturated carbocycles. The molecule has 2 heteroatoms. The van der Waals surface area contributed by atoms with Crippen molar-refractivity contribution in [3.63, 3.8) is 0 Å². The van der Waals surface area contributed by atoms with Gasteiger partial charge in [0.25, 0.3) is 0 Å². The predicted octanol–water partition coefficient (Wildman–Crippen LogP) is 7.47. The zero-order valence-electron chi connectivity index (χ0n) is 17.5. The molecule has 0 heterocycles. The topological polar surface area (TPSA) is 29.5 Å². The van der Waals surface area contributed by atoms with Crippen LogP contribution in [0.2, 0.25) is 0 Å². The molecule has 0 aromatic heterocycles. The third-order valence-electron chi connectivity index (χ3n) is 8.59. The molecule has 0 saturated heterocycles. The fraction of sp³-hybridized carbons (Fsp3) is 1.00. The Hall–Kier alpha value is -0.0800. The maximum absolute atomic E-state index is 9.65. The maximum Gasteiger partial charge on any atom is 0.0983 e. The lowest BCUT2D eigenvalue weighted by Gasteiger charge is -2.41. The normalized spacial score (nSPS) is 40.3. The Morgan fingerprint density at radius 1 is 0.692 bits per heavy atom. The van der Waals surface area contributed by atoms with Crippen molar-refractivity contribution >= 4 is 0 Å². The lowest BCUT2D eigenvalue weighted by Crippen LogP contribution is -2.37. The molecule has 0 radical (unpaired) electrons. The minimum Gasteiger partial charge on any atom is -0.252 e. The molecule has 2 nitrogen and oxygen atoms in total. The number of rotatable bonds is 7. The van der Waals surface area contributed by atoms with Gasteiger partial charge in [0.15, 0.2) is 0 Å². The predicted molar refractivity (Wildman–Crippen MR) is 109 cm³/mol. The first-order chi connectivity index (χ1) is 12.7. The van der Waals surface area contributed by atoms with E-state index in [4.69, 9.17) is 4.89 Å². The summed E-state index contributed by atoms with van der Waals surface area (Å²) < 4.78 is 0. The Kier molecular flexibility index (Phi) is 8.31. The average Bonchev–Trinajstić information content (AvgIpc) is 2.70. The molecule has 3 fully saturated rings. The Morgan fingerprint density at radius 2 is 1.15 bits per heavy atom. The fourth-order valence-electron chi connectivity index (χ4n) is 6.78. The Morgan fingerprint density at radius 3 is 1.62 bits per heavy atom. The van der Waals surface area contributed by atoms with Crippen LogP contribution in [-0.2, 0) is 4.89 Å². The second-order valence-electron chi connectivity index (χ2n) is 10.0. The minimum atomic E-state index is 0.119. The van der Waals surface area contributed by atoms with Gasteiger partial charge < -0.3 is 0 Å². The highest BCUT2D eigenvalue weighted by Gasteiger charge is 2.37. The summed E-state index contributed by atoms with van der Waals surface area (Å²) in [5, 5.41) is 9.65. The molecular weight excluding hydrogens is 320 g/mol. The average molecular weight is 365 g/mol.